The smallest absolute Gasteiger partial charge is 0.319 e. The fraction of sp³-hybridized carbons (Fsp3) is 0.300. The van der Waals surface area contributed by atoms with E-state index in [0.717, 1.165) is 10.9 Å². The zero-order chi connectivity index (χ0) is 10.1. The second kappa shape index (κ2) is 3.95. The van der Waals surface area contributed by atoms with Gasteiger partial charge in [-0.05, 0) is 34.0 Å². The van der Waals surface area contributed by atoms with Crippen LogP contribution in [0.2, 0.25) is 0 Å². The van der Waals surface area contributed by atoms with Crippen molar-refractivity contribution in [3.05, 3.63) is 28.2 Å². The van der Waals surface area contributed by atoms with E-state index in [4.69, 9.17) is 4.74 Å². The van der Waals surface area contributed by atoms with E-state index in [9.17, 15) is 4.79 Å². The fourth-order valence-corrected chi connectivity index (χ4v) is 3.40. The molecule has 0 aromatic heterocycles. The van der Waals surface area contributed by atoms with Crippen LogP contribution >= 0.6 is 27.7 Å². The molecule has 1 unspecified atom stereocenters. The molecule has 2 nitrogen and oxygen atoms in total. The summed E-state index contributed by atoms with van der Waals surface area (Å²) in [6.45, 7) is 0. The first-order chi connectivity index (χ1) is 6.72. The third-order valence-electron chi connectivity index (χ3n) is 2.18. The minimum Gasteiger partial charge on any atom is -0.468 e. The summed E-state index contributed by atoms with van der Waals surface area (Å²) >= 11 is 5.05. The van der Waals surface area contributed by atoms with Crippen LogP contribution in [0.3, 0.4) is 0 Å². The Labute approximate surface area is 95.2 Å². The van der Waals surface area contributed by atoms with Crippen LogP contribution in [0.25, 0.3) is 0 Å². The zero-order valence-electron chi connectivity index (χ0n) is 7.62. The van der Waals surface area contributed by atoms with E-state index in [1.54, 1.807) is 11.8 Å². The van der Waals surface area contributed by atoms with Crippen LogP contribution in [0.15, 0.2) is 27.6 Å². The molecule has 0 radical (unpaired) electrons. The maximum atomic E-state index is 11.3. The van der Waals surface area contributed by atoms with E-state index in [0.29, 0.717) is 0 Å². The Morgan fingerprint density at radius 2 is 2.43 bits per heavy atom. The van der Waals surface area contributed by atoms with Gasteiger partial charge in [-0.2, -0.15) is 0 Å². The molecule has 1 aromatic rings. The van der Waals surface area contributed by atoms with Crippen LogP contribution in [-0.4, -0.2) is 18.3 Å². The highest BCUT2D eigenvalue weighted by atomic mass is 79.9. The molecule has 1 aliphatic rings. The average Bonchev–Trinajstić information content (AvgIpc) is 2.62. The number of esters is 1. The molecule has 0 saturated carbocycles. The summed E-state index contributed by atoms with van der Waals surface area (Å²) in [4.78, 5) is 12.5. The summed E-state index contributed by atoms with van der Waals surface area (Å²) in [6.07, 6.45) is 0.770. The fourth-order valence-electron chi connectivity index (χ4n) is 1.49. The van der Waals surface area contributed by atoms with Gasteiger partial charge >= 0.3 is 5.97 Å². The lowest BCUT2D eigenvalue weighted by molar-refractivity contribution is -0.139. The van der Waals surface area contributed by atoms with Crippen molar-refractivity contribution < 1.29 is 9.53 Å². The summed E-state index contributed by atoms with van der Waals surface area (Å²) < 4.78 is 5.79. The first kappa shape index (κ1) is 10.1. The number of hydrogen-bond donors (Lipinski definition) is 0. The van der Waals surface area contributed by atoms with Crippen LogP contribution in [0, 0.1) is 0 Å². The summed E-state index contributed by atoms with van der Waals surface area (Å²) in [5.74, 6) is -0.141. The molecule has 0 N–H and O–H groups in total. The Morgan fingerprint density at radius 1 is 1.64 bits per heavy atom. The molecular formula is C10H9BrO2S. The molecule has 0 spiro atoms. The van der Waals surface area contributed by atoms with Gasteiger partial charge in [0.1, 0.15) is 5.25 Å². The molecule has 1 heterocycles. The number of ether oxygens (including phenoxy) is 1. The average molecular weight is 273 g/mol. The number of carbonyl (C=O) groups is 1. The third kappa shape index (κ3) is 1.68. The van der Waals surface area contributed by atoms with Gasteiger partial charge in [0.2, 0.25) is 0 Å². The molecule has 2 rings (SSSR count). The molecular weight excluding hydrogens is 264 g/mol. The number of rotatable bonds is 1. The number of methoxy groups -OCH3 is 1. The van der Waals surface area contributed by atoms with Crippen molar-refractivity contribution in [2.75, 3.05) is 7.11 Å². The monoisotopic (exact) mass is 272 g/mol. The van der Waals surface area contributed by atoms with Crippen molar-refractivity contribution in [3.8, 4) is 0 Å². The molecule has 1 aromatic carbocycles. The van der Waals surface area contributed by atoms with Crippen LogP contribution in [0.1, 0.15) is 5.56 Å². The van der Waals surface area contributed by atoms with Gasteiger partial charge in [0.25, 0.3) is 0 Å². The first-order valence-electron chi connectivity index (χ1n) is 4.24. The normalized spacial score (nSPS) is 19.1. The first-order valence-corrected chi connectivity index (χ1v) is 5.91. The van der Waals surface area contributed by atoms with Gasteiger partial charge in [-0.1, -0.05) is 12.1 Å². The van der Waals surface area contributed by atoms with Gasteiger partial charge in [0.15, 0.2) is 0 Å². The van der Waals surface area contributed by atoms with Crippen LogP contribution < -0.4 is 0 Å². The highest BCUT2D eigenvalue weighted by Gasteiger charge is 2.29. The molecule has 4 heteroatoms. The van der Waals surface area contributed by atoms with E-state index in [-0.39, 0.29) is 11.2 Å². The van der Waals surface area contributed by atoms with E-state index in [1.165, 1.54) is 17.6 Å². The lowest BCUT2D eigenvalue weighted by atomic mass is 10.1. The van der Waals surface area contributed by atoms with Gasteiger partial charge in [0.05, 0.1) is 7.11 Å². The number of benzene rings is 1. The summed E-state index contributed by atoms with van der Waals surface area (Å²) in [5, 5.41) is -0.0753. The van der Waals surface area contributed by atoms with E-state index >= 15 is 0 Å². The number of hydrogen-bond acceptors (Lipinski definition) is 3. The lowest BCUT2D eigenvalue weighted by Crippen LogP contribution is -2.17. The number of halogens is 1. The Kier molecular flexibility index (Phi) is 2.83. The molecule has 74 valence electrons. The zero-order valence-corrected chi connectivity index (χ0v) is 10.0. The SMILES string of the molecule is COC(=O)C1Cc2cccc(Br)c2S1. The van der Waals surface area contributed by atoms with Gasteiger partial charge in [-0.3, -0.25) is 4.79 Å². The topological polar surface area (TPSA) is 26.3 Å². The van der Waals surface area contributed by atoms with Crippen molar-refractivity contribution in [1.82, 2.24) is 0 Å². The van der Waals surface area contributed by atoms with E-state index in [1.807, 2.05) is 12.1 Å². The predicted molar refractivity (Wildman–Crippen MR) is 59.5 cm³/mol. The number of carbonyl (C=O) groups excluding carboxylic acids is 1. The van der Waals surface area contributed by atoms with Crippen LogP contribution in [-0.2, 0) is 16.0 Å². The predicted octanol–water partition coefficient (Wildman–Crippen LogP) is 2.64. The molecule has 0 amide bonds. The second-order valence-electron chi connectivity index (χ2n) is 3.06. The van der Waals surface area contributed by atoms with Gasteiger partial charge in [0, 0.05) is 9.37 Å². The molecule has 0 aliphatic carbocycles. The molecule has 14 heavy (non-hydrogen) atoms. The van der Waals surface area contributed by atoms with Crippen molar-refractivity contribution in [1.29, 1.82) is 0 Å². The maximum Gasteiger partial charge on any atom is 0.319 e. The molecule has 1 aliphatic heterocycles. The maximum absolute atomic E-state index is 11.3. The minimum absolute atomic E-state index is 0.0753. The summed E-state index contributed by atoms with van der Waals surface area (Å²) in [7, 11) is 1.43. The highest BCUT2D eigenvalue weighted by Crippen LogP contribution is 2.41. The van der Waals surface area contributed by atoms with Crippen LogP contribution in [0.4, 0.5) is 0 Å². The number of fused-ring (bicyclic) bond motifs is 1. The van der Waals surface area contributed by atoms with Crippen molar-refractivity contribution in [2.45, 2.75) is 16.6 Å². The van der Waals surface area contributed by atoms with Crippen molar-refractivity contribution >= 4 is 33.7 Å². The van der Waals surface area contributed by atoms with E-state index < -0.39 is 0 Å². The Hall–Kier alpha value is -0.480. The van der Waals surface area contributed by atoms with Crippen molar-refractivity contribution in [3.63, 3.8) is 0 Å². The molecule has 1 atom stereocenters. The van der Waals surface area contributed by atoms with Gasteiger partial charge < -0.3 is 4.74 Å². The van der Waals surface area contributed by atoms with Gasteiger partial charge in [-0.25, -0.2) is 0 Å². The Balaban J connectivity index is 2.26. The third-order valence-corrected chi connectivity index (χ3v) is 4.46. The minimum atomic E-state index is -0.141. The lowest BCUT2D eigenvalue weighted by Gasteiger charge is -2.04. The summed E-state index contributed by atoms with van der Waals surface area (Å²) in [5.41, 5.74) is 1.22. The van der Waals surface area contributed by atoms with E-state index in [2.05, 4.69) is 22.0 Å². The summed E-state index contributed by atoms with van der Waals surface area (Å²) in [6, 6.07) is 6.03. The quantitative estimate of drug-likeness (QED) is 0.736. The molecule has 0 bridgehead atoms. The molecule has 0 fully saturated rings. The standard InChI is InChI=1S/C10H9BrO2S/c1-13-10(12)8-5-6-3-2-4-7(11)9(6)14-8/h2-4,8H,5H2,1H3. The molecule has 0 saturated heterocycles. The van der Waals surface area contributed by atoms with Crippen molar-refractivity contribution in [2.24, 2.45) is 0 Å². The number of thioether (sulfide) groups is 1. The Bertz CT molecular complexity index is 378. The highest BCUT2D eigenvalue weighted by molar-refractivity contribution is 9.10. The van der Waals surface area contributed by atoms with Gasteiger partial charge in [-0.15, -0.1) is 11.8 Å². The second-order valence-corrected chi connectivity index (χ2v) is 5.13. The Morgan fingerprint density at radius 3 is 3.07 bits per heavy atom. The largest absolute Gasteiger partial charge is 0.468 e. The van der Waals surface area contributed by atoms with Crippen LogP contribution in [0.5, 0.6) is 0 Å².